The van der Waals surface area contributed by atoms with E-state index in [1.165, 1.54) is 38.5 Å². The molecule has 4 rings (SSSR count). The van der Waals surface area contributed by atoms with Crippen LogP contribution in [0.4, 0.5) is 0 Å². The van der Waals surface area contributed by atoms with Crippen LogP contribution < -0.4 is 15.4 Å². The van der Waals surface area contributed by atoms with Crippen molar-refractivity contribution in [3.8, 4) is 5.75 Å². The molecule has 0 spiro atoms. The summed E-state index contributed by atoms with van der Waals surface area (Å²) in [7, 11) is 1.82. The number of hydrogen-bond acceptors (Lipinski definition) is 6. The minimum absolute atomic E-state index is 0.155. The van der Waals surface area contributed by atoms with Crippen molar-refractivity contribution < 1.29 is 23.9 Å². The van der Waals surface area contributed by atoms with Crippen molar-refractivity contribution in [2.24, 2.45) is 5.92 Å². The Morgan fingerprint density at radius 1 is 1.03 bits per heavy atom. The van der Waals surface area contributed by atoms with Gasteiger partial charge in [-0.2, -0.15) is 0 Å². The van der Waals surface area contributed by atoms with Crippen LogP contribution in [0, 0.1) is 5.92 Å². The van der Waals surface area contributed by atoms with Gasteiger partial charge < -0.3 is 19.7 Å². The van der Waals surface area contributed by atoms with Crippen molar-refractivity contribution in [3.05, 3.63) is 29.3 Å². The van der Waals surface area contributed by atoms with Gasteiger partial charge >= 0.3 is 0 Å². The van der Waals surface area contributed by atoms with Crippen LogP contribution in [-0.4, -0.2) is 61.6 Å². The van der Waals surface area contributed by atoms with Gasteiger partial charge in [-0.1, -0.05) is 12.8 Å². The van der Waals surface area contributed by atoms with Crippen molar-refractivity contribution >= 4 is 17.7 Å². The summed E-state index contributed by atoms with van der Waals surface area (Å²) in [5.41, 5.74) is 1.49. The van der Waals surface area contributed by atoms with Gasteiger partial charge in [-0.15, -0.1) is 0 Å². The van der Waals surface area contributed by atoms with E-state index in [1.54, 1.807) is 11.0 Å². The highest BCUT2D eigenvalue weighted by Crippen LogP contribution is 2.30. The van der Waals surface area contributed by atoms with Gasteiger partial charge in [-0.3, -0.25) is 19.7 Å². The lowest BCUT2D eigenvalue weighted by molar-refractivity contribution is -0.136. The largest absolute Gasteiger partial charge is 0.494 e. The zero-order valence-electron chi connectivity index (χ0n) is 20.9. The zero-order valence-corrected chi connectivity index (χ0v) is 20.9. The number of ether oxygens (including phenoxy) is 2. The summed E-state index contributed by atoms with van der Waals surface area (Å²) in [6.07, 6.45) is 10.5. The standard InChI is InChI=1S/C27H39N3O5/c1-34-21-8-6-19(7-9-21)17-28-14-4-2-3-5-15-35-22-10-11-23-20(16-22)18-30(27(23)33)24-12-13-25(31)29-26(24)32/h10-11,16,19,21,24,28H,2-9,12-15,17-18H2,1H3,(H,29,31,32). The number of methoxy groups -OCH3 is 1. The Balaban J connectivity index is 1.09. The fourth-order valence-corrected chi connectivity index (χ4v) is 5.41. The van der Waals surface area contributed by atoms with Crippen LogP contribution >= 0.6 is 0 Å². The number of imide groups is 1. The molecule has 0 radical (unpaired) electrons. The van der Waals surface area contributed by atoms with Gasteiger partial charge in [0.1, 0.15) is 11.8 Å². The Labute approximate surface area is 208 Å². The number of carbonyl (C=O) groups is 3. The summed E-state index contributed by atoms with van der Waals surface area (Å²) in [6, 6.07) is 4.93. The van der Waals surface area contributed by atoms with Gasteiger partial charge in [0.2, 0.25) is 11.8 Å². The predicted molar refractivity (Wildman–Crippen MR) is 132 cm³/mol. The molecule has 1 aromatic rings. The van der Waals surface area contributed by atoms with Crippen LogP contribution in [0.1, 0.15) is 80.1 Å². The number of piperidine rings is 1. The molecule has 2 heterocycles. The number of amides is 3. The third-order valence-corrected chi connectivity index (χ3v) is 7.57. The fraction of sp³-hybridized carbons (Fsp3) is 0.667. The molecule has 192 valence electrons. The summed E-state index contributed by atoms with van der Waals surface area (Å²) in [6.45, 7) is 3.23. The highest BCUT2D eigenvalue weighted by atomic mass is 16.5. The Morgan fingerprint density at radius 3 is 2.60 bits per heavy atom. The van der Waals surface area contributed by atoms with Crippen molar-refractivity contribution in [2.45, 2.75) is 82.9 Å². The first kappa shape index (κ1) is 25.6. The summed E-state index contributed by atoms with van der Waals surface area (Å²) in [4.78, 5) is 37.9. The number of benzene rings is 1. The molecule has 2 fully saturated rings. The van der Waals surface area contributed by atoms with Gasteiger partial charge in [0.25, 0.3) is 5.91 Å². The summed E-state index contributed by atoms with van der Waals surface area (Å²) in [5.74, 6) is 0.739. The number of hydrogen-bond donors (Lipinski definition) is 2. The monoisotopic (exact) mass is 485 g/mol. The second-order valence-electron chi connectivity index (χ2n) is 10.1. The summed E-state index contributed by atoms with van der Waals surface area (Å²) in [5, 5.41) is 5.95. The normalized spacial score (nSPS) is 24.4. The minimum atomic E-state index is -0.586. The summed E-state index contributed by atoms with van der Waals surface area (Å²) < 4.78 is 11.4. The second-order valence-corrected chi connectivity index (χ2v) is 10.1. The molecule has 1 aliphatic carbocycles. The molecule has 1 saturated heterocycles. The lowest BCUT2D eigenvalue weighted by atomic mass is 9.87. The average Bonchev–Trinajstić information content (AvgIpc) is 3.18. The number of carbonyl (C=O) groups excluding carboxylic acids is 3. The van der Waals surface area contributed by atoms with E-state index in [0.29, 0.717) is 31.2 Å². The lowest BCUT2D eigenvalue weighted by Crippen LogP contribution is -2.52. The highest BCUT2D eigenvalue weighted by molar-refractivity contribution is 6.05. The van der Waals surface area contributed by atoms with Gasteiger partial charge in [0, 0.05) is 25.6 Å². The molecule has 2 aliphatic heterocycles. The Kier molecular flexibility index (Phi) is 9.15. The molecule has 1 aromatic carbocycles. The third kappa shape index (κ3) is 6.82. The molecule has 8 heteroatoms. The highest BCUT2D eigenvalue weighted by Gasteiger charge is 2.39. The molecule has 0 bridgehead atoms. The van der Waals surface area contributed by atoms with Crippen LogP contribution in [0.25, 0.3) is 0 Å². The minimum Gasteiger partial charge on any atom is -0.494 e. The molecule has 35 heavy (non-hydrogen) atoms. The number of fused-ring (bicyclic) bond motifs is 1. The van der Waals surface area contributed by atoms with Crippen LogP contribution in [0.3, 0.4) is 0 Å². The maximum atomic E-state index is 12.8. The average molecular weight is 486 g/mol. The van der Waals surface area contributed by atoms with Gasteiger partial charge in [-0.05, 0) is 87.7 Å². The molecule has 8 nitrogen and oxygen atoms in total. The van der Waals surface area contributed by atoms with Crippen molar-refractivity contribution in [1.29, 1.82) is 0 Å². The predicted octanol–water partition coefficient (Wildman–Crippen LogP) is 3.18. The van der Waals surface area contributed by atoms with E-state index in [0.717, 1.165) is 43.2 Å². The van der Waals surface area contributed by atoms with Crippen LogP contribution in [0.5, 0.6) is 5.75 Å². The Bertz CT molecular complexity index is 897. The van der Waals surface area contributed by atoms with Crippen molar-refractivity contribution in [2.75, 3.05) is 26.8 Å². The molecule has 1 unspecified atom stereocenters. The van der Waals surface area contributed by atoms with E-state index >= 15 is 0 Å². The van der Waals surface area contributed by atoms with E-state index in [1.807, 2.05) is 19.2 Å². The molecule has 0 aromatic heterocycles. The molecule has 1 saturated carbocycles. The van der Waals surface area contributed by atoms with E-state index in [9.17, 15) is 14.4 Å². The summed E-state index contributed by atoms with van der Waals surface area (Å²) >= 11 is 0. The lowest BCUT2D eigenvalue weighted by Gasteiger charge is -2.29. The molecule has 2 N–H and O–H groups in total. The van der Waals surface area contributed by atoms with E-state index in [2.05, 4.69) is 10.6 Å². The number of nitrogens with zero attached hydrogens (tertiary/aromatic N) is 1. The van der Waals surface area contributed by atoms with E-state index in [-0.39, 0.29) is 24.1 Å². The van der Waals surface area contributed by atoms with Crippen molar-refractivity contribution in [3.63, 3.8) is 0 Å². The second kappa shape index (κ2) is 12.5. The van der Waals surface area contributed by atoms with Crippen LogP contribution in [-0.2, 0) is 20.9 Å². The Hall–Kier alpha value is -2.45. The number of unbranched alkanes of at least 4 members (excludes halogenated alkanes) is 3. The first-order valence-corrected chi connectivity index (χ1v) is 13.2. The maximum Gasteiger partial charge on any atom is 0.255 e. The number of nitrogens with one attached hydrogen (secondary N) is 2. The van der Waals surface area contributed by atoms with Gasteiger partial charge in [-0.25, -0.2) is 0 Å². The first-order chi connectivity index (χ1) is 17.0. The van der Waals surface area contributed by atoms with Gasteiger partial charge in [0.05, 0.1) is 12.7 Å². The van der Waals surface area contributed by atoms with E-state index in [4.69, 9.17) is 9.47 Å². The van der Waals surface area contributed by atoms with Crippen LogP contribution in [0.2, 0.25) is 0 Å². The van der Waals surface area contributed by atoms with Gasteiger partial charge in [0.15, 0.2) is 0 Å². The molecular formula is C27H39N3O5. The van der Waals surface area contributed by atoms with Crippen LogP contribution in [0.15, 0.2) is 18.2 Å². The molecular weight excluding hydrogens is 446 g/mol. The SMILES string of the molecule is COC1CCC(CNCCCCCCOc2ccc3c(c2)CN(C2CCC(=O)NC2=O)C3=O)CC1. The zero-order chi connectivity index (χ0) is 24.6. The molecule has 3 amide bonds. The smallest absolute Gasteiger partial charge is 0.255 e. The fourth-order valence-electron chi connectivity index (χ4n) is 5.41. The first-order valence-electron chi connectivity index (χ1n) is 13.2. The quantitative estimate of drug-likeness (QED) is 0.349. The molecule has 1 atom stereocenters. The van der Waals surface area contributed by atoms with E-state index < -0.39 is 6.04 Å². The Morgan fingerprint density at radius 2 is 1.83 bits per heavy atom. The third-order valence-electron chi connectivity index (χ3n) is 7.57. The molecule has 3 aliphatic rings. The number of rotatable bonds is 12. The topological polar surface area (TPSA) is 97.0 Å². The maximum absolute atomic E-state index is 12.8. The van der Waals surface area contributed by atoms with Crippen molar-refractivity contribution in [1.82, 2.24) is 15.5 Å².